The zero-order chi connectivity index (χ0) is 22.5. The summed E-state index contributed by atoms with van der Waals surface area (Å²) in [5, 5.41) is 0. The summed E-state index contributed by atoms with van der Waals surface area (Å²) in [6.07, 6.45) is 6.67. The number of allylic oxidation sites excluding steroid dienone is 2. The van der Waals surface area contributed by atoms with Gasteiger partial charge >= 0.3 is 6.09 Å². The summed E-state index contributed by atoms with van der Waals surface area (Å²) in [6, 6.07) is 10.1. The molecule has 1 aromatic carbocycles. The van der Waals surface area contributed by atoms with Gasteiger partial charge in [0.25, 0.3) is 0 Å². The number of alkyl halides is 1. The topological polar surface area (TPSA) is 66.9 Å². The highest BCUT2D eigenvalue weighted by Crippen LogP contribution is 2.46. The van der Waals surface area contributed by atoms with Gasteiger partial charge in [-0.15, -0.1) is 0 Å². The number of carbonyl (C=O) groups excluding carboxylic acids is 3. The van der Waals surface area contributed by atoms with Gasteiger partial charge in [0.15, 0.2) is 11.4 Å². The van der Waals surface area contributed by atoms with Gasteiger partial charge in [-0.3, -0.25) is 14.5 Å². The Hall–Kier alpha value is -2.41. The van der Waals surface area contributed by atoms with Gasteiger partial charge in [0.2, 0.25) is 5.91 Å². The van der Waals surface area contributed by atoms with Gasteiger partial charge in [0.05, 0.1) is 11.4 Å². The van der Waals surface area contributed by atoms with Crippen molar-refractivity contribution >= 4 is 33.7 Å². The minimum absolute atomic E-state index is 0.00811. The highest BCUT2D eigenvalue weighted by Gasteiger charge is 2.53. The lowest BCUT2D eigenvalue weighted by Crippen LogP contribution is -2.46. The summed E-state index contributed by atoms with van der Waals surface area (Å²) in [5.74, 6) is 0.500. The third-order valence-corrected chi connectivity index (χ3v) is 7.92. The summed E-state index contributed by atoms with van der Waals surface area (Å²) >= 11 is 3.38. The van der Waals surface area contributed by atoms with E-state index >= 15 is 0 Å². The summed E-state index contributed by atoms with van der Waals surface area (Å²) < 4.78 is 5.83. The molecule has 1 spiro atoms. The van der Waals surface area contributed by atoms with Crippen LogP contribution in [0.4, 0.5) is 4.79 Å². The second-order valence-corrected chi connectivity index (χ2v) is 10.3. The van der Waals surface area contributed by atoms with E-state index in [4.69, 9.17) is 4.74 Å². The van der Waals surface area contributed by atoms with Crippen molar-refractivity contribution in [3.63, 3.8) is 0 Å². The maximum atomic E-state index is 13.4. The molecule has 2 amide bonds. The molecule has 3 atom stereocenters. The molecule has 1 unspecified atom stereocenters. The molecule has 0 bridgehead atoms. The van der Waals surface area contributed by atoms with Crippen molar-refractivity contribution in [3.8, 4) is 0 Å². The highest BCUT2D eigenvalue weighted by molar-refractivity contribution is 9.10. The van der Waals surface area contributed by atoms with Crippen molar-refractivity contribution in [1.29, 1.82) is 0 Å². The van der Waals surface area contributed by atoms with Crippen LogP contribution in [0.25, 0.3) is 0 Å². The Bertz CT molecular complexity index is 1020. The number of rotatable bonds is 6. The number of ketones is 1. The van der Waals surface area contributed by atoms with Crippen LogP contribution in [0.5, 0.6) is 0 Å². The molecule has 0 aromatic heterocycles. The largest absolute Gasteiger partial charge is 0.436 e. The van der Waals surface area contributed by atoms with Crippen LogP contribution in [-0.4, -0.2) is 57.1 Å². The van der Waals surface area contributed by atoms with Crippen LogP contribution in [0, 0.1) is 5.92 Å². The van der Waals surface area contributed by atoms with Gasteiger partial charge in [0.1, 0.15) is 6.54 Å². The summed E-state index contributed by atoms with van der Waals surface area (Å²) in [6.45, 7) is 2.93. The number of benzene rings is 1. The minimum atomic E-state index is -0.821. The van der Waals surface area contributed by atoms with Gasteiger partial charge in [0, 0.05) is 23.7 Å². The van der Waals surface area contributed by atoms with Crippen LogP contribution in [0.15, 0.2) is 53.6 Å². The van der Waals surface area contributed by atoms with E-state index in [1.807, 2.05) is 41.3 Å². The maximum absolute atomic E-state index is 13.4. The first-order valence-electron chi connectivity index (χ1n) is 11.3. The van der Waals surface area contributed by atoms with Crippen LogP contribution >= 0.6 is 15.9 Å². The number of hydrogen-bond donors (Lipinski definition) is 0. The molecule has 4 aliphatic rings. The maximum Gasteiger partial charge on any atom is 0.411 e. The number of ether oxygens (including phenoxy) is 1. The molecule has 1 saturated carbocycles. The Balaban J connectivity index is 1.32. The molecule has 1 aromatic rings. The quantitative estimate of drug-likeness (QED) is 0.556. The molecule has 6 nitrogen and oxygen atoms in total. The van der Waals surface area contributed by atoms with Gasteiger partial charge in [-0.05, 0) is 44.1 Å². The van der Waals surface area contributed by atoms with Crippen molar-refractivity contribution in [2.45, 2.75) is 55.6 Å². The van der Waals surface area contributed by atoms with E-state index in [2.05, 4.69) is 22.9 Å². The predicted octanol–water partition coefficient (Wildman–Crippen LogP) is 4.00. The number of fused-ring (bicyclic) bond motifs is 1. The fourth-order valence-electron chi connectivity index (χ4n) is 5.17. The predicted molar refractivity (Wildman–Crippen MR) is 123 cm³/mol. The van der Waals surface area contributed by atoms with Crippen LogP contribution in [0.2, 0.25) is 0 Å². The van der Waals surface area contributed by atoms with E-state index < -0.39 is 11.7 Å². The van der Waals surface area contributed by atoms with Gasteiger partial charge in [-0.25, -0.2) is 4.79 Å². The van der Waals surface area contributed by atoms with Crippen molar-refractivity contribution in [1.82, 2.24) is 9.80 Å². The first-order chi connectivity index (χ1) is 15.4. The molecular formula is C25H27BrN2O4. The summed E-state index contributed by atoms with van der Waals surface area (Å²) in [5.41, 5.74) is 1.80. The monoisotopic (exact) mass is 498 g/mol. The second kappa shape index (κ2) is 8.18. The van der Waals surface area contributed by atoms with Crippen LogP contribution < -0.4 is 0 Å². The van der Waals surface area contributed by atoms with Crippen LogP contribution in [0.3, 0.4) is 0 Å². The Labute approximate surface area is 196 Å². The van der Waals surface area contributed by atoms with Gasteiger partial charge in [-0.1, -0.05) is 58.4 Å². The molecule has 5 rings (SSSR count). The summed E-state index contributed by atoms with van der Waals surface area (Å²) in [7, 11) is 0. The van der Waals surface area contributed by atoms with Crippen molar-refractivity contribution in [2.75, 3.05) is 13.1 Å². The van der Waals surface area contributed by atoms with Gasteiger partial charge in [-0.2, -0.15) is 0 Å². The third-order valence-electron chi connectivity index (χ3n) is 7.20. The fourth-order valence-corrected chi connectivity index (χ4v) is 5.60. The fraction of sp³-hybridized carbons (Fsp3) is 0.480. The Morgan fingerprint density at radius 2 is 2.03 bits per heavy atom. The number of Topliss-reactive ketones (excluding diaryl/α,β-unsaturated/α-hetero) is 1. The molecule has 3 aliphatic carbocycles. The second-order valence-electron chi connectivity index (χ2n) is 9.32. The zero-order valence-corrected chi connectivity index (χ0v) is 19.7. The lowest BCUT2D eigenvalue weighted by atomic mass is 9.90. The molecule has 0 N–H and O–H groups in total. The lowest BCUT2D eigenvalue weighted by molar-refractivity contribution is -0.135. The molecule has 32 heavy (non-hydrogen) atoms. The average Bonchev–Trinajstić information content (AvgIpc) is 3.51. The molecule has 1 saturated heterocycles. The standard InChI is InChI=1S/C25H27BrN2O4/c1-16(18-7-8-18)28(13-17-5-3-2-4-6-17)22(29)14-27-15-25(32-24(27)31)12-11-19-20(25)9-10-21(26)23(19)30/h2-6,9-10,16,18,21H,7-8,11-15H2,1H3/t16-,21?,25-/m0/s1. The molecule has 1 aliphatic heterocycles. The Morgan fingerprint density at radius 1 is 1.28 bits per heavy atom. The van der Waals surface area contributed by atoms with Crippen molar-refractivity contribution in [3.05, 3.63) is 59.2 Å². The summed E-state index contributed by atoms with van der Waals surface area (Å²) in [4.78, 5) is 41.8. The lowest BCUT2D eigenvalue weighted by Gasteiger charge is -2.31. The van der Waals surface area contributed by atoms with E-state index in [-0.39, 0.29) is 29.1 Å². The van der Waals surface area contributed by atoms with E-state index in [0.29, 0.717) is 31.8 Å². The number of hydrogen-bond acceptors (Lipinski definition) is 4. The van der Waals surface area contributed by atoms with Crippen LogP contribution in [0.1, 0.15) is 38.2 Å². The van der Waals surface area contributed by atoms with E-state index in [1.165, 1.54) is 4.90 Å². The third kappa shape index (κ3) is 3.81. The smallest absolute Gasteiger partial charge is 0.411 e. The molecule has 0 radical (unpaired) electrons. The van der Waals surface area contributed by atoms with Crippen LogP contribution in [-0.2, 0) is 20.9 Å². The Kier molecular flexibility index (Phi) is 5.48. The number of carbonyl (C=O) groups is 3. The van der Waals surface area contributed by atoms with Crippen molar-refractivity contribution < 1.29 is 19.1 Å². The van der Waals surface area contributed by atoms with E-state index in [0.717, 1.165) is 29.6 Å². The molecule has 2 fully saturated rings. The number of amides is 2. The number of halogens is 1. The molecule has 1 heterocycles. The first-order valence-corrected chi connectivity index (χ1v) is 12.2. The SMILES string of the molecule is C[C@@H](C1CC1)N(Cc1ccccc1)C(=O)CN1C[C@]2(CCC3=C2C=CC(Br)C3=O)OC1=O. The molecule has 168 valence electrons. The molecular weight excluding hydrogens is 472 g/mol. The average molecular weight is 499 g/mol. The minimum Gasteiger partial charge on any atom is -0.436 e. The zero-order valence-electron chi connectivity index (χ0n) is 18.1. The van der Waals surface area contributed by atoms with Gasteiger partial charge < -0.3 is 9.64 Å². The first kappa shape index (κ1) is 21.4. The number of nitrogens with zero attached hydrogens (tertiary/aromatic N) is 2. The normalized spacial score (nSPS) is 27.7. The Morgan fingerprint density at radius 3 is 2.75 bits per heavy atom. The molecule has 7 heteroatoms. The highest BCUT2D eigenvalue weighted by atomic mass is 79.9. The van der Waals surface area contributed by atoms with Crippen molar-refractivity contribution in [2.24, 2.45) is 5.92 Å². The van der Waals surface area contributed by atoms with E-state index in [9.17, 15) is 14.4 Å². The van der Waals surface area contributed by atoms with E-state index in [1.54, 1.807) is 6.08 Å².